The highest BCUT2D eigenvalue weighted by molar-refractivity contribution is 7.89. The van der Waals surface area contributed by atoms with Crippen LogP contribution in [0.15, 0.2) is 17.2 Å². The Hall–Kier alpha value is -0.890. The zero-order valence-corrected chi connectivity index (χ0v) is 12.4. The van der Waals surface area contributed by atoms with Crippen molar-refractivity contribution in [2.24, 2.45) is 5.92 Å². The number of sulfonamides is 1. The lowest BCUT2D eigenvalue weighted by molar-refractivity contribution is 0.175. The van der Waals surface area contributed by atoms with Crippen molar-refractivity contribution in [3.63, 3.8) is 0 Å². The standard InChI is InChI=1S/C12H22N2O4S/c1-10(2)8-14(4-5-18-3)19(16,17)12-6-11(9-15)13-7-12/h6-7,10,13,15H,4-5,8-9H2,1-3H3. The van der Waals surface area contributed by atoms with Crippen molar-refractivity contribution in [1.29, 1.82) is 0 Å². The molecule has 0 radical (unpaired) electrons. The van der Waals surface area contributed by atoms with Crippen molar-refractivity contribution in [1.82, 2.24) is 9.29 Å². The summed E-state index contributed by atoms with van der Waals surface area (Å²) in [6, 6.07) is 1.45. The van der Waals surface area contributed by atoms with E-state index in [2.05, 4.69) is 4.98 Å². The smallest absolute Gasteiger partial charge is 0.244 e. The summed E-state index contributed by atoms with van der Waals surface area (Å²) in [5.41, 5.74) is 0.481. The number of aromatic nitrogens is 1. The van der Waals surface area contributed by atoms with Gasteiger partial charge in [-0.05, 0) is 12.0 Å². The third kappa shape index (κ3) is 4.31. The fraction of sp³-hybridized carbons (Fsp3) is 0.667. The number of aliphatic hydroxyl groups excluding tert-OH is 1. The van der Waals surface area contributed by atoms with Crippen molar-refractivity contribution >= 4 is 10.0 Å². The average molecular weight is 290 g/mol. The van der Waals surface area contributed by atoms with Crippen molar-refractivity contribution in [2.75, 3.05) is 26.8 Å². The van der Waals surface area contributed by atoms with Gasteiger partial charge in [0.2, 0.25) is 10.0 Å². The molecule has 0 unspecified atom stereocenters. The summed E-state index contributed by atoms with van der Waals surface area (Å²) < 4.78 is 31.3. The Morgan fingerprint density at radius 2 is 2.16 bits per heavy atom. The van der Waals surface area contributed by atoms with Gasteiger partial charge in [0.05, 0.1) is 18.1 Å². The van der Waals surface area contributed by atoms with Gasteiger partial charge in [-0.1, -0.05) is 13.8 Å². The van der Waals surface area contributed by atoms with Gasteiger partial charge < -0.3 is 14.8 Å². The Morgan fingerprint density at radius 1 is 1.47 bits per heavy atom. The fourth-order valence-corrected chi connectivity index (χ4v) is 3.32. The molecule has 1 aromatic rings. The molecule has 0 aliphatic heterocycles. The van der Waals surface area contributed by atoms with E-state index in [9.17, 15) is 8.42 Å². The summed E-state index contributed by atoms with van der Waals surface area (Å²) in [7, 11) is -2.00. The van der Waals surface area contributed by atoms with Gasteiger partial charge in [0.1, 0.15) is 0 Å². The minimum Gasteiger partial charge on any atom is -0.390 e. The highest BCUT2D eigenvalue weighted by Gasteiger charge is 2.25. The maximum atomic E-state index is 12.5. The minimum absolute atomic E-state index is 0.174. The van der Waals surface area contributed by atoms with Gasteiger partial charge in [-0.3, -0.25) is 0 Å². The topological polar surface area (TPSA) is 82.6 Å². The summed E-state index contributed by atoms with van der Waals surface area (Å²) in [5.74, 6) is 0.225. The average Bonchev–Trinajstić information content (AvgIpc) is 2.83. The third-order valence-corrected chi connectivity index (χ3v) is 4.48. The number of aromatic amines is 1. The molecule has 0 amide bonds. The van der Waals surface area contributed by atoms with Gasteiger partial charge >= 0.3 is 0 Å². The number of nitrogens with one attached hydrogen (secondary N) is 1. The number of hydrogen-bond donors (Lipinski definition) is 2. The Morgan fingerprint density at radius 3 is 2.63 bits per heavy atom. The molecule has 6 nitrogen and oxygen atoms in total. The monoisotopic (exact) mass is 290 g/mol. The maximum absolute atomic E-state index is 12.5. The zero-order valence-electron chi connectivity index (χ0n) is 11.6. The summed E-state index contributed by atoms with van der Waals surface area (Å²) in [5, 5.41) is 8.98. The van der Waals surface area contributed by atoms with E-state index in [0.29, 0.717) is 25.4 Å². The van der Waals surface area contributed by atoms with Crippen molar-refractivity contribution in [3.05, 3.63) is 18.0 Å². The van der Waals surface area contributed by atoms with Crippen molar-refractivity contribution in [3.8, 4) is 0 Å². The van der Waals surface area contributed by atoms with E-state index < -0.39 is 10.0 Å². The van der Waals surface area contributed by atoms with Gasteiger partial charge in [0.25, 0.3) is 0 Å². The van der Waals surface area contributed by atoms with Crippen molar-refractivity contribution in [2.45, 2.75) is 25.3 Å². The summed E-state index contributed by atoms with van der Waals surface area (Å²) in [4.78, 5) is 2.91. The molecular weight excluding hydrogens is 268 g/mol. The van der Waals surface area contributed by atoms with Crippen LogP contribution < -0.4 is 0 Å². The molecule has 0 spiro atoms. The van der Waals surface area contributed by atoms with E-state index in [1.807, 2.05) is 13.8 Å². The Kier molecular flexibility index (Phi) is 5.99. The molecule has 1 rings (SSSR count). The first-order chi connectivity index (χ1) is 8.91. The second-order valence-electron chi connectivity index (χ2n) is 4.77. The first-order valence-corrected chi connectivity index (χ1v) is 7.63. The molecule has 0 saturated carbocycles. The van der Waals surface area contributed by atoms with E-state index in [-0.39, 0.29) is 17.4 Å². The van der Waals surface area contributed by atoms with Crippen LogP contribution in [0.4, 0.5) is 0 Å². The molecule has 0 aliphatic rings. The van der Waals surface area contributed by atoms with E-state index in [1.54, 1.807) is 7.11 Å². The van der Waals surface area contributed by atoms with Crippen LogP contribution in [0.3, 0.4) is 0 Å². The van der Waals surface area contributed by atoms with E-state index in [1.165, 1.54) is 16.6 Å². The van der Waals surface area contributed by atoms with Gasteiger partial charge in [0.15, 0.2) is 0 Å². The molecule has 0 saturated heterocycles. The van der Waals surface area contributed by atoms with Crippen LogP contribution in [0.25, 0.3) is 0 Å². The highest BCUT2D eigenvalue weighted by Crippen LogP contribution is 2.18. The van der Waals surface area contributed by atoms with Crippen molar-refractivity contribution < 1.29 is 18.3 Å². The molecule has 0 aliphatic carbocycles. The van der Waals surface area contributed by atoms with Gasteiger partial charge in [-0.2, -0.15) is 4.31 Å². The van der Waals surface area contributed by atoms with Gasteiger partial charge in [-0.15, -0.1) is 0 Å². The van der Waals surface area contributed by atoms with Crippen LogP contribution in [-0.4, -0.2) is 49.6 Å². The van der Waals surface area contributed by atoms with Gasteiger partial charge in [0, 0.05) is 32.1 Å². The zero-order chi connectivity index (χ0) is 14.5. The molecular formula is C12H22N2O4S. The molecule has 2 N–H and O–H groups in total. The molecule has 0 bridgehead atoms. The molecule has 110 valence electrons. The number of rotatable bonds is 8. The third-order valence-electron chi connectivity index (χ3n) is 2.64. The molecule has 19 heavy (non-hydrogen) atoms. The first kappa shape index (κ1) is 16.2. The normalized spacial score (nSPS) is 12.5. The summed E-state index contributed by atoms with van der Waals surface area (Å²) >= 11 is 0. The van der Waals surface area contributed by atoms with E-state index in [4.69, 9.17) is 9.84 Å². The lowest BCUT2D eigenvalue weighted by Gasteiger charge is -2.23. The minimum atomic E-state index is -3.55. The number of methoxy groups -OCH3 is 1. The largest absolute Gasteiger partial charge is 0.390 e. The van der Waals surface area contributed by atoms with Crippen LogP contribution in [0, 0.1) is 5.92 Å². The lowest BCUT2D eigenvalue weighted by atomic mass is 10.2. The maximum Gasteiger partial charge on any atom is 0.244 e. The number of ether oxygens (including phenoxy) is 1. The van der Waals surface area contributed by atoms with Crippen LogP contribution in [0.1, 0.15) is 19.5 Å². The molecule has 7 heteroatoms. The first-order valence-electron chi connectivity index (χ1n) is 6.19. The second kappa shape index (κ2) is 7.04. The number of aliphatic hydroxyl groups is 1. The molecule has 1 heterocycles. The summed E-state index contributed by atoms with van der Waals surface area (Å²) in [6.45, 7) is 4.82. The molecule has 0 aromatic carbocycles. The predicted molar refractivity (Wildman–Crippen MR) is 72.2 cm³/mol. The molecule has 1 aromatic heterocycles. The van der Waals surface area contributed by atoms with Crippen LogP contribution in [-0.2, 0) is 21.4 Å². The highest BCUT2D eigenvalue weighted by atomic mass is 32.2. The predicted octanol–water partition coefficient (Wildman–Crippen LogP) is 0.800. The molecule has 0 atom stereocenters. The van der Waals surface area contributed by atoms with E-state index >= 15 is 0 Å². The van der Waals surface area contributed by atoms with Crippen LogP contribution in [0.2, 0.25) is 0 Å². The lowest BCUT2D eigenvalue weighted by Crippen LogP contribution is -2.36. The number of H-pyrrole nitrogens is 1. The number of hydrogen-bond acceptors (Lipinski definition) is 4. The van der Waals surface area contributed by atoms with Crippen LogP contribution >= 0.6 is 0 Å². The number of nitrogens with zero attached hydrogens (tertiary/aromatic N) is 1. The summed E-state index contributed by atoms with van der Waals surface area (Å²) in [6.07, 6.45) is 1.40. The van der Waals surface area contributed by atoms with Crippen LogP contribution in [0.5, 0.6) is 0 Å². The van der Waals surface area contributed by atoms with Gasteiger partial charge in [-0.25, -0.2) is 8.42 Å². The fourth-order valence-electron chi connectivity index (χ4n) is 1.72. The molecule has 0 fully saturated rings. The quantitative estimate of drug-likeness (QED) is 0.742. The Bertz CT molecular complexity index is 482. The Labute approximate surface area is 114 Å². The van der Waals surface area contributed by atoms with E-state index in [0.717, 1.165) is 0 Å². The SMILES string of the molecule is COCCN(CC(C)C)S(=O)(=O)c1c[nH]c(CO)c1. The second-order valence-corrected chi connectivity index (χ2v) is 6.71. The Balaban J connectivity index is 2.96.